The van der Waals surface area contributed by atoms with Gasteiger partial charge in [-0.25, -0.2) is 4.98 Å². The highest BCUT2D eigenvalue weighted by molar-refractivity contribution is 5.79. The van der Waals surface area contributed by atoms with Crippen LogP contribution in [0, 0.1) is 6.92 Å². The number of allylic oxidation sites excluding steroid dienone is 4. The second-order valence-electron chi connectivity index (χ2n) is 9.01. The van der Waals surface area contributed by atoms with E-state index < -0.39 is 0 Å². The number of hydrogen-bond acceptors (Lipinski definition) is 6. The molecule has 0 saturated carbocycles. The number of aromatic nitrogens is 1. The van der Waals surface area contributed by atoms with Crippen molar-refractivity contribution in [3.05, 3.63) is 94.7 Å². The first kappa shape index (κ1) is 33.5. The number of nitrogens with one attached hydrogen (secondary N) is 1. The fourth-order valence-electron chi connectivity index (χ4n) is 3.68. The minimum absolute atomic E-state index is 0.435. The maximum Gasteiger partial charge on any atom is 0.213 e. The summed E-state index contributed by atoms with van der Waals surface area (Å²) in [7, 11) is 0. The molecule has 214 valence electrons. The van der Waals surface area contributed by atoms with Gasteiger partial charge in [0.05, 0.1) is 17.7 Å². The molecule has 1 aromatic heterocycles. The minimum Gasteiger partial charge on any atom is -0.495 e. The van der Waals surface area contributed by atoms with E-state index in [1.54, 1.807) is 6.20 Å². The Bertz CT molecular complexity index is 1050. The van der Waals surface area contributed by atoms with Gasteiger partial charge >= 0.3 is 0 Å². The average molecular weight is 535 g/mol. The van der Waals surface area contributed by atoms with E-state index >= 15 is 0 Å². The molecular formula is C33H50N4O2. The van der Waals surface area contributed by atoms with Gasteiger partial charge in [0.2, 0.25) is 5.88 Å². The normalized spacial score (nSPS) is 12.4. The number of pyridine rings is 1. The molecule has 0 spiro atoms. The zero-order valence-electron chi connectivity index (χ0n) is 25.5. The molecule has 39 heavy (non-hydrogen) atoms. The molecule has 0 atom stereocenters. The van der Waals surface area contributed by atoms with Crippen LogP contribution in [0.25, 0.3) is 0 Å². The van der Waals surface area contributed by atoms with Crippen molar-refractivity contribution in [3.8, 4) is 5.88 Å². The SMILES string of the molecule is CC.CCCN(CCC)C(/C=C(\C)OCCOc1ccccn1)=C/C(N/N=C/c1cccc(C)c1)=C(C)CC. The topological polar surface area (TPSA) is 59.0 Å². The average Bonchev–Trinajstić information content (AvgIpc) is 2.95. The summed E-state index contributed by atoms with van der Waals surface area (Å²) in [5.74, 6) is 1.44. The first-order valence-electron chi connectivity index (χ1n) is 14.3. The monoisotopic (exact) mass is 534 g/mol. The van der Waals surface area contributed by atoms with Crippen molar-refractivity contribution in [2.75, 3.05) is 26.3 Å². The fraction of sp³-hybridized carbons (Fsp3) is 0.455. The maximum atomic E-state index is 5.99. The molecule has 0 aliphatic heterocycles. The fourth-order valence-corrected chi connectivity index (χ4v) is 3.68. The van der Waals surface area contributed by atoms with Crippen LogP contribution in [0.2, 0.25) is 0 Å². The van der Waals surface area contributed by atoms with Gasteiger partial charge < -0.3 is 14.4 Å². The van der Waals surface area contributed by atoms with Crippen LogP contribution in [0.5, 0.6) is 5.88 Å². The van der Waals surface area contributed by atoms with E-state index in [0.717, 1.165) is 55.1 Å². The van der Waals surface area contributed by atoms with Gasteiger partial charge in [0.1, 0.15) is 13.2 Å². The Morgan fingerprint density at radius 2 is 1.72 bits per heavy atom. The van der Waals surface area contributed by atoms with Gasteiger partial charge in [0.25, 0.3) is 0 Å². The summed E-state index contributed by atoms with van der Waals surface area (Å²) < 4.78 is 11.7. The van der Waals surface area contributed by atoms with Gasteiger partial charge in [-0.15, -0.1) is 0 Å². The molecule has 0 radical (unpaired) electrons. The van der Waals surface area contributed by atoms with E-state index in [-0.39, 0.29) is 0 Å². The Morgan fingerprint density at radius 1 is 0.974 bits per heavy atom. The van der Waals surface area contributed by atoms with Crippen molar-refractivity contribution in [1.29, 1.82) is 0 Å². The molecule has 1 N–H and O–H groups in total. The number of ether oxygens (including phenoxy) is 2. The summed E-state index contributed by atoms with van der Waals surface area (Å²) in [6.07, 6.45) is 10.9. The van der Waals surface area contributed by atoms with Crippen LogP contribution in [0.15, 0.2) is 88.6 Å². The third kappa shape index (κ3) is 13.7. The molecular weight excluding hydrogens is 484 g/mol. The molecule has 0 unspecified atom stereocenters. The predicted molar refractivity (Wildman–Crippen MR) is 166 cm³/mol. The van der Waals surface area contributed by atoms with E-state index in [4.69, 9.17) is 9.47 Å². The number of nitrogens with zero attached hydrogens (tertiary/aromatic N) is 3. The van der Waals surface area contributed by atoms with E-state index in [9.17, 15) is 0 Å². The Morgan fingerprint density at radius 3 is 2.33 bits per heavy atom. The van der Waals surface area contributed by atoms with Gasteiger partial charge in [0, 0.05) is 31.0 Å². The summed E-state index contributed by atoms with van der Waals surface area (Å²) in [5.41, 5.74) is 8.93. The van der Waals surface area contributed by atoms with Crippen molar-refractivity contribution in [2.45, 2.75) is 74.7 Å². The Balaban J connectivity index is 0.00000371. The molecule has 0 amide bonds. The van der Waals surface area contributed by atoms with Crippen molar-refractivity contribution >= 4 is 6.21 Å². The van der Waals surface area contributed by atoms with Crippen LogP contribution in [0.3, 0.4) is 0 Å². The van der Waals surface area contributed by atoms with Crippen LogP contribution in [-0.2, 0) is 4.74 Å². The van der Waals surface area contributed by atoms with Crippen LogP contribution >= 0.6 is 0 Å². The predicted octanol–water partition coefficient (Wildman–Crippen LogP) is 8.03. The van der Waals surface area contributed by atoms with Gasteiger partial charge in [-0.3, -0.25) is 5.43 Å². The van der Waals surface area contributed by atoms with Gasteiger partial charge in [-0.05, 0) is 69.4 Å². The van der Waals surface area contributed by atoms with E-state index in [2.05, 4.69) is 85.4 Å². The Kier molecular flexibility index (Phi) is 17.5. The van der Waals surface area contributed by atoms with Gasteiger partial charge in [-0.2, -0.15) is 5.10 Å². The lowest BCUT2D eigenvalue weighted by Gasteiger charge is -2.26. The molecule has 6 heteroatoms. The molecule has 0 fully saturated rings. The molecule has 0 aliphatic carbocycles. The highest BCUT2D eigenvalue weighted by Crippen LogP contribution is 2.17. The molecule has 0 saturated heterocycles. The van der Waals surface area contributed by atoms with Gasteiger partial charge in [-0.1, -0.05) is 70.5 Å². The lowest BCUT2D eigenvalue weighted by Crippen LogP contribution is -2.25. The summed E-state index contributed by atoms with van der Waals surface area (Å²) in [4.78, 5) is 6.59. The number of benzene rings is 1. The molecule has 1 heterocycles. The molecule has 2 rings (SSSR count). The molecule has 1 aromatic carbocycles. The first-order valence-corrected chi connectivity index (χ1v) is 14.3. The zero-order valence-corrected chi connectivity index (χ0v) is 25.5. The Labute approximate surface area is 237 Å². The molecule has 6 nitrogen and oxygen atoms in total. The second kappa shape index (κ2) is 20.4. The van der Waals surface area contributed by atoms with Crippen LogP contribution in [-0.4, -0.2) is 42.4 Å². The first-order chi connectivity index (χ1) is 19.0. The van der Waals surface area contributed by atoms with Crippen molar-refractivity contribution < 1.29 is 9.47 Å². The molecule has 0 aliphatic rings. The Hall–Kier alpha value is -3.54. The second-order valence-corrected chi connectivity index (χ2v) is 9.01. The highest BCUT2D eigenvalue weighted by atomic mass is 16.5. The summed E-state index contributed by atoms with van der Waals surface area (Å²) in [6.45, 7) is 19.6. The third-order valence-corrected chi connectivity index (χ3v) is 5.73. The molecule has 0 bridgehead atoms. The van der Waals surface area contributed by atoms with E-state index in [1.165, 1.54) is 11.1 Å². The number of rotatable bonds is 16. The minimum atomic E-state index is 0.435. The third-order valence-electron chi connectivity index (χ3n) is 5.73. The van der Waals surface area contributed by atoms with Crippen molar-refractivity contribution in [3.63, 3.8) is 0 Å². The lowest BCUT2D eigenvalue weighted by atomic mass is 10.1. The van der Waals surface area contributed by atoms with Crippen LogP contribution < -0.4 is 10.2 Å². The van der Waals surface area contributed by atoms with E-state index in [1.807, 2.05) is 51.3 Å². The smallest absolute Gasteiger partial charge is 0.213 e. The summed E-state index contributed by atoms with van der Waals surface area (Å²) in [5, 5.41) is 4.55. The number of aryl methyl sites for hydroxylation is 1. The molecule has 2 aromatic rings. The number of hydrazone groups is 1. The zero-order chi connectivity index (χ0) is 28.9. The summed E-state index contributed by atoms with van der Waals surface area (Å²) >= 11 is 0. The van der Waals surface area contributed by atoms with Crippen molar-refractivity contribution in [1.82, 2.24) is 15.3 Å². The quantitative estimate of drug-likeness (QED) is 0.0776. The maximum absolute atomic E-state index is 5.99. The van der Waals surface area contributed by atoms with Crippen molar-refractivity contribution in [2.24, 2.45) is 5.10 Å². The largest absolute Gasteiger partial charge is 0.495 e. The lowest BCUT2D eigenvalue weighted by molar-refractivity contribution is 0.154. The van der Waals surface area contributed by atoms with Crippen LogP contribution in [0.1, 0.15) is 78.9 Å². The standard InChI is InChI=1S/C31H44N4O2.C2H6/c1-7-17-35(18-8-2)29(22-27(6)36-19-20-37-31-15-10-11-16-32-31)23-30(26(5)9-3)34-33-24-28-14-12-13-25(4)21-28;1-2/h10-16,21-24,34H,7-9,17-20H2,1-6H3;1-2H3/b27-22+,29-23+,30-26?,33-24+;. The summed E-state index contributed by atoms with van der Waals surface area (Å²) in [6, 6.07) is 13.9. The van der Waals surface area contributed by atoms with E-state index in [0.29, 0.717) is 19.1 Å². The highest BCUT2D eigenvalue weighted by Gasteiger charge is 2.10. The number of hydrogen-bond donors (Lipinski definition) is 1. The van der Waals surface area contributed by atoms with Gasteiger partial charge in [0.15, 0.2) is 0 Å². The van der Waals surface area contributed by atoms with Crippen LogP contribution in [0.4, 0.5) is 0 Å².